The van der Waals surface area contributed by atoms with Crippen LogP contribution in [0, 0.1) is 0 Å². The second kappa shape index (κ2) is 15.3. The molecule has 0 unspecified atom stereocenters. The van der Waals surface area contributed by atoms with E-state index in [0.717, 1.165) is 89.2 Å². The molecule has 2 aromatic heterocycles. The van der Waals surface area contributed by atoms with Crippen molar-refractivity contribution in [3.8, 4) is 50.2 Å². The monoisotopic (exact) mass is 804 g/mol. The van der Waals surface area contributed by atoms with Crippen LogP contribution in [0.2, 0.25) is 0 Å². The van der Waals surface area contributed by atoms with Crippen LogP contribution in [0.25, 0.3) is 93.9 Å². The third kappa shape index (κ3) is 6.21. The number of rotatable bonds is 8. The van der Waals surface area contributed by atoms with E-state index in [2.05, 4.69) is 240 Å². The van der Waals surface area contributed by atoms with Crippen molar-refractivity contribution < 1.29 is 4.42 Å². The second-order valence-corrected chi connectivity index (χ2v) is 16.0. The SMILES string of the molecule is c1ccc(-c2ccccc2N(c2ccc(-c3cccc(-c4cccc5c4oc4ccccc45)c3)cc2)c2ccccc2-c2ccccc2-n2c3ccccc3c3ccccc32)cc1. The smallest absolute Gasteiger partial charge is 0.143 e. The van der Waals surface area contributed by atoms with E-state index in [0.29, 0.717) is 0 Å². The van der Waals surface area contributed by atoms with Gasteiger partial charge in [0.15, 0.2) is 0 Å². The molecule has 0 saturated heterocycles. The van der Waals surface area contributed by atoms with Crippen molar-refractivity contribution in [2.75, 3.05) is 4.90 Å². The highest BCUT2D eigenvalue weighted by molar-refractivity contribution is 6.11. The summed E-state index contributed by atoms with van der Waals surface area (Å²) in [5.41, 5.74) is 17.6. The molecule has 0 aliphatic rings. The fraction of sp³-hybridized carbons (Fsp3) is 0. The molecule has 3 nitrogen and oxygen atoms in total. The lowest BCUT2D eigenvalue weighted by atomic mass is 9.96. The molecule has 0 amide bonds. The molecule has 63 heavy (non-hydrogen) atoms. The summed E-state index contributed by atoms with van der Waals surface area (Å²) in [6, 6.07) is 87.1. The Kier molecular flexibility index (Phi) is 8.83. The molecule has 0 bridgehead atoms. The Morgan fingerprint density at radius 1 is 0.317 bits per heavy atom. The molecule has 296 valence electrons. The number of benzene rings is 10. The van der Waals surface area contributed by atoms with Gasteiger partial charge >= 0.3 is 0 Å². The molecule has 12 aromatic rings. The van der Waals surface area contributed by atoms with Crippen LogP contribution in [0.3, 0.4) is 0 Å². The van der Waals surface area contributed by atoms with Crippen molar-refractivity contribution in [2.45, 2.75) is 0 Å². The van der Waals surface area contributed by atoms with Gasteiger partial charge in [0.25, 0.3) is 0 Å². The van der Waals surface area contributed by atoms with Gasteiger partial charge in [0.05, 0.1) is 28.1 Å². The first-order valence-corrected chi connectivity index (χ1v) is 21.5. The van der Waals surface area contributed by atoms with E-state index in [1.807, 2.05) is 12.1 Å². The van der Waals surface area contributed by atoms with Crippen LogP contribution in [0.5, 0.6) is 0 Å². The number of nitrogens with zero attached hydrogens (tertiary/aromatic N) is 2. The summed E-state index contributed by atoms with van der Waals surface area (Å²) in [6.07, 6.45) is 0. The van der Waals surface area contributed by atoms with Gasteiger partial charge in [-0.25, -0.2) is 0 Å². The Labute approximate surface area is 366 Å². The van der Waals surface area contributed by atoms with Crippen LogP contribution in [-0.4, -0.2) is 4.57 Å². The van der Waals surface area contributed by atoms with Crippen molar-refractivity contribution in [1.82, 2.24) is 4.57 Å². The maximum Gasteiger partial charge on any atom is 0.143 e. The van der Waals surface area contributed by atoms with Crippen molar-refractivity contribution in [2.24, 2.45) is 0 Å². The topological polar surface area (TPSA) is 21.3 Å². The maximum absolute atomic E-state index is 6.45. The summed E-state index contributed by atoms with van der Waals surface area (Å²) in [7, 11) is 0. The molecule has 3 heteroatoms. The fourth-order valence-corrected chi connectivity index (χ4v) is 9.56. The molecular formula is C60H40N2O. The van der Waals surface area contributed by atoms with Gasteiger partial charge in [-0.1, -0.05) is 188 Å². The van der Waals surface area contributed by atoms with Gasteiger partial charge in [0.2, 0.25) is 0 Å². The number of anilines is 3. The summed E-state index contributed by atoms with van der Waals surface area (Å²) in [6.45, 7) is 0. The molecule has 0 aliphatic heterocycles. The highest BCUT2D eigenvalue weighted by Crippen LogP contribution is 2.47. The van der Waals surface area contributed by atoms with E-state index in [-0.39, 0.29) is 0 Å². The average molecular weight is 805 g/mol. The molecule has 0 spiro atoms. The number of hydrogen-bond donors (Lipinski definition) is 0. The minimum atomic E-state index is 0.904. The quantitative estimate of drug-likeness (QED) is 0.153. The Morgan fingerprint density at radius 3 is 1.60 bits per heavy atom. The molecule has 0 saturated carbocycles. The van der Waals surface area contributed by atoms with Crippen LogP contribution in [0.1, 0.15) is 0 Å². The zero-order chi connectivity index (χ0) is 41.7. The Hall–Kier alpha value is -8.40. The van der Waals surface area contributed by atoms with Crippen LogP contribution < -0.4 is 4.90 Å². The predicted octanol–water partition coefficient (Wildman–Crippen LogP) is 16.8. The largest absolute Gasteiger partial charge is 0.455 e. The number of para-hydroxylation sites is 7. The van der Waals surface area contributed by atoms with E-state index in [4.69, 9.17) is 4.42 Å². The molecule has 2 heterocycles. The predicted molar refractivity (Wildman–Crippen MR) is 264 cm³/mol. The lowest BCUT2D eigenvalue weighted by molar-refractivity contribution is 0.670. The van der Waals surface area contributed by atoms with E-state index in [9.17, 15) is 0 Å². The van der Waals surface area contributed by atoms with Gasteiger partial charge in [0.1, 0.15) is 11.2 Å². The molecule has 0 atom stereocenters. The fourth-order valence-electron chi connectivity index (χ4n) is 9.56. The van der Waals surface area contributed by atoms with Gasteiger partial charge in [-0.05, 0) is 76.9 Å². The van der Waals surface area contributed by atoms with E-state index in [1.165, 1.54) is 21.8 Å². The van der Waals surface area contributed by atoms with E-state index >= 15 is 0 Å². The highest BCUT2D eigenvalue weighted by Gasteiger charge is 2.23. The van der Waals surface area contributed by atoms with Gasteiger partial charge < -0.3 is 13.9 Å². The molecule has 12 rings (SSSR count). The minimum absolute atomic E-state index is 0.904. The molecular weight excluding hydrogens is 765 g/mol. The molecule has 0 fully saturated rings. The van der Waals surface area contributed by atoms with Crippen molar-refractivity contribution >= 4 is 60.8 Å². The Balaban J connectivity index is 1.01. The average Bonchev–Trinajstić information content (AvgIpc) is 3.91. The molecule has 0 radical (unpaired) electrons. The summed E-state index contributed by atoms with van der Waals surface area (Å²) in [4.78, 5) is 2.43. The molecule has 0 aliphatic carbocycles. The van der Waals surface area contributed by atoms with Gasteiger partial charge in [0, 0.05) is 49.5 Å². The standard InChI is InChI=1S/C60H40N2O/c1-2-18-42(19-3-1)46-22-4-10-30-54(46)61(45-38-36-41(37-39-45)43-20-16-21-44(40-43)47-28-17-29-53-52-27-9-15-35-59(52)63-60(47)53)55-31-11-5-23-48(55)49-24-6-12-32-56(49)62-57-33-13-7-25-50(57)51-26-8-14-34-58(51)62/h1-40H. The van der Waals surface area contributed by atoms with Crippen LogP contribution >= 0.6 is 0 Å². The Morgan fingerprint density at radius 2 is 0.841 bits per heavy atom. The number of aromatic nitrogens is 1. The maximum atomic E-state index is 6.45. The van der Waals surface area contributed by atoms with Gasteiger partial charge in [-0.15, -0.1) is 0 Å². The number of furan rings is 1. The van der Waals surface area contributed by atoms with Gasteiger partial charge in [-0.3, -0.25) is 0 Å². The Bertz CT molecular complexity index is 3580. The van der Waals surface area contributed by atoms with Crippen LogP contribution in [0.15, 0.2) is 247 Å². The van der Waals surface area contributed by atoms with Gasteiger partial charge in [-0.2, -0.15) is 0 Å². The minimum Gasteiger partial charge on any atom is -0.455 e. The summed E-state index contributed by atoms with van der Waals surface area (Å²) < 4.78 is 8.88. The molecule has 0 N–H and O–H groups in total. The zero-order valence-electron chi connectivity index (χ0n) is 34.4. The summed E-state index contributed by atoms with van der Waals surface area (Å²) in [5.74, 6) is 0. The van der Waals surface area contributed by atoms with Crippen molar-refractivity contribution in [1.29, 1.82) is 0 Å². The first-order valence-electron chi connectivity index (χ1n) is 21.5. The van der Waals surface area contributed by atoms with Crippen LogP contribution in [-0.2, 0) is 0 Å². The summed E-state index contributed by atoms with van der Waals surface area (Å²) >= 11 is 0. The third-order valence-electron chi connectivity index (χ3n) is 12.4. The number of fused-ring (bicyclic) bond motifs is 6. The lowest BCUT2D eigenvalue weighted by Gasteiger charge is -2.30. The first-order chi connectivity index (χ1) is 31.3. The second-order valence-electron chi connectivity index (χ2n) is 16.0. The zero-order valence-corrected chi connectivity index (χ0v) is 34.4. The van der Waals surface area contributed by atoms with E-state index < -0.39 is 0 Å². The normalized spacial score (nSPS) is 11.5. The van der Waals surface area contributed by atoms with Crippen molar-refractivity contribution in [3.63, 3.8) is 0 Å². The first kappa shape index (κ1) is 36.5. The number of hydrogen-bond acceptors (Lipinski definition) is 2. The van der Waals surface area contributed by atoms with Crippen LogP contribution in [0.4, 0.5) is 17.1 Å². The van der Waals surface area contributed by atoms with E-state index in [1.54, 1.807) is 0 Å². The van der Waals surface area contributed by atoms with Crippen molar-refractivity contribution in [3.05, 3.63) is 243 Å². The lowest BCUT2D eigenvalue weighted by Crippen LogP contribution is -2.12. The highest BCUT2D eigenvalue weighted by atomic mass is 16.3. The third-order valence-corrected chi connectivity index (χ3v) is 12.4. The summed E-state index contributed by atoms with van der Waals surface area (Å²) in [5, 5.41) is 4.75. The molecule has 10 aromatic carbocycles.